The summed E-state index contributed by atoms with van der Waals surface area (Å²) in [5.74, 6) is 0. The van der Waals surface area contributed by atoms with Crippen molar-refractivity contribution in [3.8, 4) is 0 Å². The number of likely N-dealkylation sites (tertiary alicyclic amines) is 1. The molecule has 1 spiro atoms. The second kappa shape index (κ2) is 7.54. The van der Waals surface area contributed by atoms with Gasteiger partial charge >= 0.3 is 0 Å². The molecule has 2 fully saturated rings. The molecule has 2 aromatic rings. The zero-order chi connectivity index (χ0) is 17.1. The summed E-state index contributed by atoms with van der Waals surface area (Å²) >= 11 is 1.77. The van der Waals surface area contributed by atoms with Crippen molar-refractivity contribution in [2.45, 2.75) is 51.0 Å². The first kappa shape index (κ1) is 17.2. The summed E-state index contributed by atoms with van der Waals surface area (Å²) < 4.78 is 12.4. The first-order chi connectivity index (χ1) is 12.2. The van der Waals surface area contributed by atoms with Crippen LogP contribution in [0.15, 0.2) is 35.0 Å². The van der Waals surface area contributed by atoms with Gasteiger partial charge < -0.3 is 9.47 Å². The Morgan fingerprint density at radius 3 is 3.20 bits per heavy atom. The Bertz CT molecular complexity index is 691. The third kappa shape index (κ3) is 4.29. The van der Waals surface area contributed by atoms with Crippen molar-refractivity contribution in [1.29, 1.82) is 0 Å². The number of pyridine rings is 1. The van der Waals surface area contributed by atoms with E-state index in [1.165, 1.54) is 18.5 Å². The number of nitrogens with zero attached hydrogens (tertiary/aromatic N) is 2. The van der Waals surface area contributed by atoms with Crippen LogP contribution in [0.25, 0.3) is 0 Å². The van der Waals surface area contributed by atoms with Gasteiger partial charge in [0.05, 0.1) is 30.6 Å². The fraction of sp³-hybridized carbons (Fsp3) is 0.550. The zero-order valence-electron chi connectivity index (χ0n) is 14.8. The van der Waals surface area contributed by atoms with Crippen LogP contribution in [0.1, 0.15) is 36.2 Å². The van der Waals surface area contributed by atoms with Gasteiger partial charge in [-0.2, -0.15) is 11.3 Å². The molecule has 2 aliphatic rings. The highest BCUT2D eigenvalue weighted by Gasteiger charge is 2.43. The maximum atomic E-state index is 6.27. The van der Waals surface area contributed by atoms with Crippen LogP contribution >= 0.6 is 11.3 Å². The molecule has 2 aromatic heterocycles. The van der Waals surface area contributed by atoms with E-state index in [4.69, 9.17) is 9.47 Å². The van der Waals surface area contributed by atoms with Crippen molar-refractivity contribution >= 4 is 11.3 Å². The van der Waals surface area contributed by atoms with Gasteiger partial charge in [-0.05, 0) is 60.8 Å². The Hall–Kier alpha value is -1.27. The minimum Gasteiger partial charge on any atom is -0.371 e. The van der Waals surface area contributed by atoms with E-state index in [0.29, 0.717) is 13.2 Å². The second-order valence-electron chi connectivity index (χ2n) is 7.35. The molecule has 2 saturated heterocycles. The SMILES string of the molecule is Cc1cccc(CO[C@H]2CO[C@]3(CCCN(Cc4ccsc4)C3)C2)n1. The summed E-state index contributed by atoms with van der Waals surface area (Å²) in [4.78, 5) is 7.06. The van der Waals surface area contributed by atoms with Crippen molar-refractivity contribution in [2.75, 3.05) is 19.7 Å². The number of aryl methyl sites for hydroxylation is 1. The van der Waals surface area contributed by atoms with E-state index in [1.54, 1.807) is 11.3 Å². The number of piperidine rings is 1. The van der Waals surface area contributed by atoms with Crippen LogP contribution in [0.3, 0.4) is 0 Å². The van der Waals surface area contributed by atoms with Crippen LogP contribution in [0, 0.1) is 6.92 Å². The van der Waals surface area contributed by atoms with Crippen molar-refractivity contribution in [1.82, 2.24) is 9.88 Å². The van der Waals surface area contributed by atoms with E-state index in [-0.39, 0.29) is 11.7 Å². The minimum atomic E-state index is -0.0149. The average molecular weight is 359 g/mol. The van der Waals surface area contributed by atoms with Crippen molar-refractivity contribution in [3.05, 3.63) is 52.0 Å². The molecule has 0 radical (unpaired) electrons. The van der Waals surface area contributed by atoms with Gasteiger partial charge in [-0.3, -0.25) is 9.88 Å². The molecule has 2 atom stereocenters. The molecular formula is C20H26N2O2S. The molecule has 4 heterocycles. The van der Waals surface area contributed by atoms with E-state index >= 15 is 0 Å². The molecule has 25 heavy (non-hydrogen) atoms. The van der Waals surface area contributed by atoms with Crippen molar-refractivity contribution in [2.24, 2.45) is 0 Å². The standard InChI is InChI=1S/C20H26N2O2S/c1-16-4-2-5-18(21-16)12-23-19-10-20(24-13-19)7-3-8-22(15-20)11-17-6-9-25-14-17/h2,4-6,9,14,19H,3,7-8,10-13,15H2,1H3/t19-,20-/m1/s1. The third-order valence-electron chi connectivity index (χ3n) is 5.19. The first-order valence-corrected chi connectivity index (χ1v) is 10.1. The average Bonchev–Trinajstić information content (AvgIpc) is 3.24. The fourth-order valence-electron chi connectivity index (χ4n) is 4.04. The Morgan fingerprint density at radius 1 is 1.40 bits per heavy atom. The van der Waals surface area contributed by atoms with Crippen LogP contribution in [0.2, 0.25) is 0 Å². The van der Waals surface area contributed by atoms with Gasteiger partial charge in [0.15, 0.2) is 0 Å². The van der Waals surface area contributed by atoms with Gasteiger partial charge in [0.1, 0.15) is 0 Å². The fourth-order valence-corrected chi connectivity index (χ4v) is 4.70. The Kier molecular flexibility index (Phi) is 5.17. The van der Waals surface area contributed by atoms with Gasteiger partial charge in [0.25, 0.3) is 0 Å². The summed E-state index contributed by atoms with van der Waals surface area (Å²) in [5, 5.41) is 4.40. The third-order valence-corrected chi connectivity index (χ3v) is 5.92. The van der Waals surface area contributed by atoms with Crippen LogP contribution in [0.4, 0.5) is 0 Å². The summed E-state index contributed by atoms with van der Waals surface area (Å²) in [6.07, 6.45) is 3.54. The van der Waals surface area contributed by atoms with Gasteiger partial charge in [-0.25, -0.2) is 0 Å². The highest BCUT2D eigenvalue weighted by molar-refractivity contribution is 7.07. The van der Waals surface area contributed by atoms with Crippen LogP contribution in [0.5, 0.6) is 0 Å². The molecule has 5 heteroatoms. The summed E-state index contributed by atoms with van der Waals surface area (Å²) in [6.45, 7) is 6.52. The van der Waals surface area contributed by atoms with Crippen LogP contribution < -0.4 is 0 Å². The molecule has 4 rings (SSSR count). The normalized spacial score (nSPS) is 27.2. The Morgan fingerprint density at radius 2 is 2.36 bits per heavy atom. The van der Waals surface area contributed by atoms with E-state index < -0.39 is 0 Å². The van der Waals surface area contributed by atoms with Gasteiger partial charge in [-0.1, -0.05) is 6.07 Å². The maximum absolute atomic E-state index is 6.27. The highest BCUT2D eigenvalue weighted by Crippen LogP contribution is 2.36. The topological polar surface area (TPSA) is 34.6 Å². The Labute approximate surface area is 153 Å². The van der Waals surface area contributed by atoms with Crippen LogP contribution in [-0.2, 0) is 22.6 Å². The molecule has 0 aliphatic carbocycles. The summed E-state index contributed by atoms with van der Waals surface area (Å²) in [7, 11) is 0. The Balaban J connectivity index is 1.31. The molecule has 0 amide bonds. The number of hydrogen-bond acceptors (Lipinski definition) is 5. The van der Waals surface area contributed by atoms with E-state index in [1.807, 2.05) is 25.1 Å². The quantitative estimate of drug-likeness (QED) is 0.814. The molecule has 4 nitrogen and oxygen atoms in total. The maximum Gasteiger partial charge on any atom is 0.0892 e. The second-order valence-corrected chi connectivity index (χ2v) is 8.13. The lowest BCUT2D eigenvalue weighted by atomic mass is 9.89. The highest BCUT2D eigenvalue weighted by atomic mass is 32.1. The lowest BCUT2D eigenvalue weighted by Gasteiger charge is -2.39. The van der Waals surface area contributed by atoms with Gasteiger partial charge in [0, 0.05) is 25.2 Å². The molecule has 0 bridgehead atoms. The molecule has 134 valence electrons. The molecular weight excluding hydrogens is 332 g/mol. The van der Waals surface area contributed by atoms with Crippen molar-refractivity contribution in [3.63, 3.8) is 0 Å². The number of ether oxygens (including phenoxy) is 2. The zero-order valence-corrected chi connectivity index (χ0v) is 15.6. The molecule has 0 unspecified atom stereocenters. The van der Waals surface area contributed by atoms with E-state index in [2.05, 4.69) is 26.7 Å². The number of hydrogen-bond donors (Lipinski definition) is 0. The van der Waals surface area contributed by atoms with Crippen LogP contribution in [-0.4, -0.2) is 41.3 Å². The summed E-state index contributed by atoms with van der Waals surface area (Å²) in [6, 6.07) is 8.31. The number of thiophene rings is 1. The molecule has 0 N–H and O–H groups in total. The van der Waals surface area contributed by atoms with Gasteiger partial charge in [-0.15, -0.1) is 0 Å². The summed E-state index contributed by atoms with van der Waals surface area (Å²) in [5.41, 5.74) is 3.44. The predicted octanol–water partition coefficient (Wildman–Crippen LogP) is 3.79. The van der Waals surface area contributed by atoms with Gasteiger partial charge in [0.2, 0.25) is 0 Å². The smallest absolute Gasteiger partial charge is 0.0892 e. The number of rotatable bonds is 5. The van der Waals surface area contributed by atoms with Crippen molar-refractivity contribution < 1.29 is 9.47 Å². The predicted molar refractivity (Wildman–Crippen MR) is 99.7 cm³/mol. The lowest BCUT2D eigenvalue weighted by molar-refractivity contribution is -0.0548. The largest absolute Gasteiger partial charge is 0.371 e. The van der Waals surface area contributed by atoms with E-state index in [0.717, 1.165) is 37.3 Å². The monoisotopic (exact) mass is 358 g/mol. The first-order valence-electron chi connectivity index (χ1n) is 9.12. The minimum absolute atomic E-state index is 0.0149. The number of aromatic nitrogens is 1. The molecule has 0 aromatic carbocycles. The van der Waals surface area contributed by atoms with E-state index in [9.17, 15) is 0 Å². The lowest BCUT2D eigenvalue weighted by Crippen LogP contribution is -2.47. The molecule has 0 saturated carbocycles. The molecule has 2 aliphatic heterocycles.